The molecular weight excluding hydrogens is 295 g/mol. The van der Waals surface area contributed by atoms with Crippen molar-refractivity contribution in [1.29, 1.82) is 0 Å². The summed E-state index contributed by atoms with van der Waals surface area (Å²) in [4.78, 5) is 0. The standard InChI is InChI=1S/C15H16Cl2N2O/c16-12-6-4-11(5-7-12)8-14(19-18)10-20-15-3-1-2-13(17)9-15/h1-7,9,14,19H,8,10,18H2. The molecule has 3 nitrogen and oxygen atoms in total. The second kappa shape index (κ2) is 7.50. The van der Waals surface area contributed by atoms with Gasteiger partial charge >= 0.3 is 0 Å². The normalized spacial score (nSPS) is 12.2. The Morgan fingerprint density at radius 3 is 2.45 bits per heavy atom. The van der Waals surface area contributed by atoms with E-state index < -0.39 is 0 Å². The molecule has 0 spiro atoms. The van der Waals surface area contributed by atoms with Crippen LogP contribution in [0.25, 0.3) is 0 Å². The first-order valence-electron chi connectivity index (χ1n) is 6.26. The van der Waals surface area contributed by atoms with Crippen LogP contribution in [-0.2, 0) is 6.42 Å². The molecule has 2 rings (SSSR count). The lowest BCUT2D eigenvalue weighted by molar-refractivity contribution is 0.264. The molecule has 0 saturated heterocycles. The van der Waals surface area contributed by atoms with Gasteiger partial charge in [-0.1, -0.05) is 41.4 Å². The number of nitrogens with one attached hydrogen (secondary N) is 1. The summed E-state index contributed by atoms with van der Waals surface area (Å²) in [6.45, 7) is 0.458. The van der Waals surface area contributed by atoms with Gasteiger partial charge in [0.1, 0.15) is 12.4 Å². The van der Waals surface area contributed by atoms with Crippen LogP contribution < -0.4 is 16.0 Å². The van der Waals surface area contributed by atoms with Crippen molar-refractivity contribution >= 4 is 23.2 Å². The van der Waals surface area contributed by atoms with E-state index in [-0.39, 0.29) is 6.04 Å². The molecule has 3 N–H and O–H groups in total. The van der Waals surface area contributed by atoms with Crippen molar-refractivity contribution in [2.75, 3.05) is 6.61 Å². The van der Waals surface area contributed by atoms with E-state index in [1.165, 1.54) is 0 Å². The van der Waals surface area contributed by atoms with Gasteiger partial charge in [-0.15, -0.1) is 0 Å². The van der Waals surface area contributed by atoms with Crippen molar-refractivity contribution in [2.45, 2.75) is 12.5 Å². The lowest BCUT2D eigenvalue weighted by Gasteiger charge is -2.17. The van der Waals surface area contributed by atoms with Gasteiger partial charge in [0.05, 0.1) is 6.04 Å². The number of rotatable bonds is 6. The van der Waals surface area contributed by atoms with Gasteiger partial charge in [-0.25, -0.2) is 0 Å². The molecule has 0 aliphatic rings. The van der Waals surface area contributed by atoms with Crippen LogP contribution in [0.4, 0.5) is 0 Å². The fourth-order valence-electron chi connectivity index (χ4n) is 1.82. The molecule has 0 radical (unpaired) electrons. The number of hydrogen-bond donors (Lipinski definition) is 2. The maximum Gasteiger partial charge on any atom is 0.120 e. The first-order chi connectivity index (χ1) is 9.67. The summed E-state index contributed by atoms with van der Waals surface area (Å²) in [5, 5.41) is 1.37. The molecule has 2 aromatic rings. The first-order valence-corrected chi connectivity index (χ1v) is 7.02. The summed E-state index contributed by atoms with van der Waals surface area (Å²) in [5.74, 6) is 6.29. The van der Waals surface area contributed by atoms with E-state index >= 15 is 0 Å². The van der Waals surface area contributed by atoms with Gasteiger partial charge in [-0.2, -0.15) is 0 Å². The highest BCUT2D eigenvalue weighted by molar-refractivity contribution is 6.30. The van der Waals surface area contributed by atoms with Gasteiger partial charge in [-0.05, 0) is 42.3 Å². The van der Waals surface area contributed by atoms with Crippen molar-refractivity contribution in [1.82, 2.24) is 5.43 Å². The number of halogens is 2. The van der Waals surface area contributed by atoms with Gasteiger partial charge in [-0.3, -0.25) is 11.3 Å². The maximum absolute atomic E-state index is 5.91. The Hall–Kier alpha value is -1.26. The Morgan fingerprint density at radius 2 is 1.80 bits per heavy atom. The minimum absolute atomic E-state index is 0.00940. The third-order valence-electron chi connectivity index (χ3n) is 2.88. The summed E-state index contributed by atoms with van der Waals surface area (Å²) in [6, 6.07) is 15.0. The summed E-state index contributed by atoms with van der Waals surface area (Å²) in [7, 11) is 0. The van der Waals surface area contributed by atoms with Gasteiger partial charge in [0.25, 0.3) is 0 Å². The van der Waals surface area contributed by atoms with Crippen molar-refractivity contribution in [3.8, 4) is 5.75 Å². The summed E-state index contributed by atoms with van der Waals surface area (Å²) in [6.07, 6.45) is 0.758. The third kappa shape index (κ3) is 4.69. The number of ether oxygens (including phenoxy) is 1. The summed E-state index contributed by atoms with van der Waals surface area (Å²) >= 11 is 11.8. The predicted octanol–water partition coefficient (Wildman–Crippen LogP) is 3.45. The molecule has 0 aromatic heterocycles. The van der Waals surface area contributed by atoms with E-state index in [0.29, 0.717) is 11.6 Å². The molecule has 0 fully saturated rings. The smallest absolute Gasteiger partial charge is 0.120 e. The van der Waals surface area contributed by atoms with E-state index in [1.807, 2.05) is 36.4 Å². The average Bonchev–Trinajstić information content (AvgIpc) is 2.45. The van der Waals surface area contributed by atoms with Crippen LogP contribution in [0.2, 0.25) is 10.0 Å². The Bertz CT molecular complexity index is 546. The number of nitrogens with two attached hydrogens (primary N) is 1. The molecule has 0 bridgehead atoms. The molecule has 1 atom stereocenters. The quantitative estimate of drug-likeness (QED) is 0.634. The minimum atomic E-state index is 0.00940. The van der Waals surface area contributed by atoms with Crippen LogP contribution in [0.5, 0.6) is 5.75 Å². The Morgan fingerprint density at radius 1 is 1.05 bits per heavy atom. The van der Waals surface area contributed by atoms with Crippen LogP contribution in [0.15, 0.2) is 48.5 Å². The summed E-state index contributed by atoms with van der Waals surface area (Å²) < 4.78 is 5.68. The number of hydrazine groups is 1. The van der Waals surface area contributed by atoms with Crippen LogP contribution in [0.1, 0.15) is 5.56 Å². The van der Waals surface area contributed by atoms with Gasteiger partial charge in [0.15, 0.2) is 0 Å². The second-order valence-corrected chi connectivity index (χ2v) is 5.34. The van der Waals surface area contributed by atoms with E-state index in [2.05, 4.69) is 5.43 Å². The Labute approximate surface area is 128 Å². The fourth-order valence-corrected chi connectivity index (χ4v) is 2.13. The lowest BCUT2D eigenvalue weighted by atomic mass is 10.1. The van der Waals surface area contributed by atoms with Crippen molar-refractivity contribution < 1.29 is 4.74 Å². The zero-order valence-corrected chi connectivity index (χ0v) is 12.4. The molecule has 2 aromatic carbocycles. The third-order valence-corrected chi connectivity index (χ3v) is 3.37. The van der Waals surface area contributed by atoms with Gasteiger partial charge in [0, 0.05) is 10.0 Å². The maximum atomic E-state index is 5.91. The van der Waals surface area contributed by atoms with Gasteiger partial charge < -0.3 is 4.74 Å². The van der Waals surface area contributed by atoms with Crippen LogP contribution in [0, 0.1) is 0 Å². The highest BCUT2D eigenvalue weighted by Crippen LogP contribution is 2.17. The molecule has 5 heteroatoms. The van der Waals surface area contributed by atoms with Crippen molar-refractivity contribution in [2.24, 2.45) is 5.84 Å². The van der Waals surface area contributed by atoms with Crippen LogP contribution >= 0.6 is 23.2 Å². The lowest BCUT2D eigenvalue weighted by Crippen LogP contribution is -2.41. The average molecular weight is 311 g/mol. The molecule has 0 heterocycles. The van der Waals surface area contributed by atoms with Gasteiger partial charge in [0.2, 0.25) is 0 Å². The fraction of sp³-hybridized carbons (Fsp3) is 0.200. The zero-order chi connectivity index (χ0) is 14.4. The van der Waals surface area contributed by atoms with E-state index in [0.717, 1.165) is 22.8 Å². The topological polar surface area (TPSA) is 47.3 Å². The SMILES string of the molecule is NNC(COc1cccc(Cl)c1)Cc1ccc(Cl)cc1. The molecule has 1 unspecified atom stereocenters. The monoisotopic (exact) mass is 310 g/mol. The second-order valence-electron chi connectivity index (χ2n) is 4.46. The molecule has 20 heavy (non-hydrogen) atoms. The highest BCUT2D eigenvalue weighted by atomic mass is 35.5. The number of hydrogen-bond acceptors (Lipinski definition) is 3. The molecule has 0 saturated carbocycles. The van der Waals surface area contributed by atoms with E-state index in [1.54, 1.807) is 12.1 Å². The van der Waals surface area contributed by atoms with E-state index in [9.17, 15) is 0 Å². The zero-order valence-electron chi connectivity index (χ0n) is 10.9. The largest absolute Gasteiger partial charge is 0.492 e. The molecule has 0 aliphatic heterocycles. The number of benzene rings is 2. The molecule has 0 aliphatic carbocycles. The molecule has 0 amide bonds. The van der Waals surface area contributed by atoms with Crippen LogP contribution in [-0.4, -0.2) is 12.6 Å². The van der Waals surface area contributed by atoms with Crippen LogP contribution in [0.3, 0.4) is 0 Å². The van der Waals surface area contributed by atoms with Crippen molar-refractivity contribution in [3.63, 3.8) is 0 Å². The van der Waals surface area contributed by atoms with E-state index in [4.69, 9.17) is 33.8 Å². The minimum Gasteiger partial charge on any atom is -0.492 e. The molecule has 106 valence electrons. The Balaban J connectivity index is 1.90. The van der Waals surface area contributed by atoms with Crippen molar-refractivity contribution in [3.05, 3.63) is 64.1 Å². The Kier molecular flexibility index (Phi) is 5.68. The predicted molar refractivity (Wildman–Crippen MR) is 83.2 cm³/mol. The highest BCUT2D eigenvalue weighted by Gasteiger charge is 2.09. The summed E-state index contributed by atoms with van der Waals surface area (Å²) in [5.41, 5.74) is 3.90. The molecular formula is C15H16Cl2N2O. The first kappa shape index (κ1) is 15.1.